The van der Waals surface area contributed by atoms with Crippen LogP contribution in [-0.4, -0.2) is 39.6 Å². The highest BCUT2D eigenvalue weighted by Gasteiger charge is 2.23. The minimum atomic E-state index is -4.24. The van der Waals surface area contributed by atoms with E-state index in [1.807, 2.05) is 13.8 Å². The summed E-state index contributed by atoms with van der Waals surface area (Å²) in [7, 11) is -1.31. The van der Waals surface area contributed by atoms with Crippen molar-refractivity contribution in [1.29, 1.82) is 0 Å². The Bertz CT molecular complexity index is 1300. The molecule has 1 unspecified atom stereocenters. The Balaban J connectivity index is 1.86. The van der Waals surface area contributed by atoms with E-state index in [4.69, 9.17) is 13.7 Å². The van der Waals surface area contributed by atoms with Crippen molar-refractivity contribution in [3.8, 4) is 17.2 Å². The van der Waals surface area contributed by atoms with Gasteiger partial charge in [0, 0.05) is 24.3 Å². The Hall–Kier alpha value is -3.79. The van der Waals surface area contributed by atoms with E-state index in [0.29, 0.717) is 23.4 Å². The third-order valence-electron chi connectivity index (χ3n) is 5.59. The molecule has 1 atom stereocenters. The first-order chi connectivity index (χ1) is 17.2. The van der Waals surface area contributed by atoms with Crippen LogP contribution < -0.4 is 19.0 Å². The van der Waals surface area contributed by atoms with E-state index in [9.17, 15) is 17.6 Å². The number of hydrogen-bond donors (Lipinski definition) is 1. The van der Waals surface area contributed by atoms with E-state index in [-0.39, 0.29) is 35.0 Å². The summed E-state index contributed by atoms with van der Waals surface area (Å²) < 4.78 is 54.5. The molecule has 0 saturated heterocycles. The van der Waals surface area contributed by atoms with Crippen LogP contribution in [0, 0.1) is 5.82 Å². The summed E-state index contributed by atoms with van der Waals surface area (Å²) in [5.74, 6) is 0.199. The molecule has 0 spiro atoms. The van der Waals surface area contributed by atoms with Crippen molar-refractivity contribution in [1.82, 2.24) is 4.90 Å². The molecule has 8 nitrogen and oxygen atoms in total. The van der Waals surface area contributed by atoms with Crippen molar-refractivity contribution in [2.45, 2.75) is 37.8 Å². The molecule has 10 heteroatoms. The van der Waals surface area contributed by atoms with Crippen LogP contribution in [0.3, 0.4) is 0 Å². The first-order valence-electron chi connectivity index (χ1n) is 11.3. The van der Waals surface area contributed by atoms with Crippen molar-refractivity contribution < 1.29 is 31.3 Å². The van der Waals surface area contributed by atoms with Gasteiger partial charge in [0.1, 0.15) is 16.5 Å². The Kier molecular flexibility index (Phi) is 8.76. The van der Waals surface area contributed by atoms with Gasteiger partial charge < -0.3 is 23.9 Å². The molecule has 1 N–H and O–H groups in total. The molecular formula is C26H29FN2O6S. The topological polar surface area (TPSA) is 94.2 Å². The zero-order valence-electron chi connectivity index (χ0n) is 20.5. The van der Waals surface area contributed by atoms with Crippen molar-refractivity contribution in [2.75, 3.05) is 19.5 Å². The van der Waals surface area contributed by atoms with E-state index in [1.54, 1.807) is 48.4 Å². The van der Waals surface area contributed by atoms with Crippen LogP contribution in [0.25, 0.3) is 0 Å². The van der Waals surface area contributed by atoms with E-state index < -0.39 is 15.9 Å². The summed E-state index contributed by atoms with van der Waals surface area (Å²) in [6, 6.07) is 15.7. The van der Waals surface area contributed by atoms with Gasteiger partial charge in [-0.05, 0) is 67.4 Å². The fourth-order valence-corrected chi connectivity index (χ4v) is 4.33. The van der Waals surface area contributed by atoms with Crippen LogP contribution in [0.1, 0.15) is 25.8 Å². The highest BCUT2D eigenvalue weighted by Crippen LogP contribution is 2.32. The molecule has 0 aliphatic carbocycles. The predicted octanol–water partition coefficient (Wildman–Crippen LogP) is 5.44. The Morgan fingerprint density at radius 3 is 2.36 bits per heavy atom. The van der Waals surface area contributed by atoms with Crippen LogP contribution in [0.5, 0.6) is 17.2 Å². The Labute approximate surface area is 210 Å². The van der Waals surface area contributed by atoms with E-state index in [1.165, 1.54) is 13.2 Å². The molecule has 36 heavy (non-hydrogen) atoms. The number of urea groups is 1. The van der Waals surface area contributed by atoms with Gasteiger partial charge in [-0.15, -0.1) is 0 Å². The molecular weight excluding hydrogens is 487 g/mol. The van der Waals surface area contributed by atoms with Crippen molar-refractivity contribution in [2.24, 2.45) is 0 Å². The second-order valence-electron chi connectivity index (χ2n) is 8.02. The lowest BCUT2D eigenvalue weighted by molar-refractivity contribution is 0.187. The van der Waals surface area contributed by atoms with Crippen molar-refractivity contribution in [3.05, 3.63) is 78.1 Å². The largest absolute Gasteiger partial charge is 0.497 e. The summed E-state index contributed by atoms with van der Waals surface area (Å²) in [4.78, 5) is 14.6. The molecule has 0 bridgehead atoms. The molecule has 3 aromatic rings. The van der Waals surface area contributed by atoms with Crippen LogP contribution in [-0.2, 0) is 16.7 Å². The van der Waals surface area contributed by atoms with Crippen molar-refractivity contribution >= 4 is 21.8 Å². The zero-order chi connectivity index (χ0) is 26.3. The number of hydrogen-bond acceptors (Lipinski definition) is 6. The number of carbonyl (C=O) groups excluding carboxylic acids is 1. The van der Waals surface area contributed by atoms with Gasteiger partial charge >= 0.3 is 16.1 Å². The molecule has 3 rings (SSSR count). The number of nitrogens with one attached hydrogen (secondary N) is 1. The maximum absolute atomic E-state index is 13.2. The van der Waals surface area contributed by atoms with Crippen LogP contribution in [0.15, 0.2) is 71.6 Å². The second-order valence-corrected chi connectivity index (χ2v) is 9.57. The first-order valence-corrected chi connectivity index (χ1v) is 12.7. The minimum Gasteiger partial charge on any atom is -0.497 e. The molecule has 0 aliphatic rings. The first kappa shape index (κ1) is 26.8. The Morgan fingerprint density at radius 2 is 1.72 bits per heavy atom. The third-order valence-corrected chi connectivity index (χ3v) is 6.84. The van der Waals surface area contributed by atoms with Crippen LogP contribution >= 0.6 is 0 Å². The fourth-order valence-electron chi connectivity index (χ4n) is 3.39. The monoisotopic (exact) mass is 516 g/mol. The van der Waals surface area contributed by atoms with Gasteiger partial charge in [-0.25, -0.2) is 9.18 Å². The third kappa shape index (κ3) is 6.66. The SMILES string of the molecule is CCC(C)N(Cc1ccc(OC)c(OS(=O)(=O)c2ccc(F)cc2)c1)C(=O)Nc1cccc(OC)c1. The molecule has 0 aliphatic heterocycles. The minimum absolute atomic E-state index is 0.0448. The molecule has 0 heterocycles. The van der Waals surface area contributed by atoms with Gasteiger partial charge in [-0.3, -0.25) is 0 Å². The van der Waals surface area contributed by atoms with Gasteiger partial charge in [0.15, 0.2) is 11.5 Å². The lowest BCUT2D eigenvalue weighted by Gasteiger charge is -2.29. The number of anilines is 1. The number of ether oxygens (including phenoxy) is 2. The van der Waals surface area contributed by atoms with E-state index in [2.05, 4.69) is 5.32 Å². The number of methoxy groups -OCH3 is 2. The standard InChI is InChI=1S/C26H29FN2O6S/c1-5-18(2)29(26(30)28-21-7-6-8-22(16-21)33-3)17-19-9-14-24(34-4)25(15-19)35-36(31,32)23-12-10-20(27)11-13-23/h6-16,18H,5,17H2,1-4H3,(H,28,30). The summed E-state index contributed by atoms with van der Waals surface area (Å²) in [6.07, 6.45) is 0.698. The lowest BCUT2D eigenvalue weighted by atomic mass is 10.1. The van der Waals surface area contributed by atoms with Gasteiger partial charge in [0.05, 0.1) is 14.2 Å². The number of halogens is 1. The van der Waals surface area contributed by atoms with Gasteiger partial charge in [-0.1, -0.05) is 19.1 Å². The molecule has 0 aromatic heterocycles. The highest BCUT2D eigenvalue weighted by atomic mass is 32.2. The molecule has 0 fully saturated rings. The molecule has 0 saturated carbocycles. The molecule has 2 amide bonds. The van der Waals surface area contributed by atoms with E-state index in [0.717, 1.165) is 24.3 Å². The fraction of sp³-hybridized carbons (Fsp3) is 0.269. The maximum Gasteiger partial charge on any atom is 0.339 e. The normalized spacial score (nSPS) is 11.9. The van der Waals surface area contributed by atoms with Crippen LogP contribution in [0.2, 0.25) is 0 Å². The average molecular weight is 517 g/mol. The number of nitrogens with zero attached hydrogens (tertiary/aromatic N) is 1. The summed E-state index contributed by atoms with van der Waals surface area (Å²) >= 11 is 0. The van der Waals surface area contributed by atoms with Crippen molar-refractivity contribution in [3.63, 3.8) is 0 Å². The molecule has 0 radical (unpaired) electrons. The Morgan fingerprint density at radius 1 is 1.00 bits per heavy atom. The van der Waals surface area contributed by atoms with Gasteiger partial charge in [0.2, 0.25) is 0 Å². The number of amides is 2. The predicted molar refractivity (Wildman–Crippen MR) is 135 cm³/mol. The zero-order valence-corrected chi connectivity index (χ0v) is 21.3. The number of benzene rings is 3. The van der Waals surface area contributed by atoms with Gasteiger partial charge in [-0.2, -0.15) is 8.42 Å². The smallest absolute Gasteiger partial charge is 0.339 e. The number of carbonyl (C=O) groups is 1. The quantitative estimate of drug-likeness (QED) is 0.361. The molecule has 192 valence electrons. The average Bonchev–Trinajstić information content (AvgIpc) is 2.87. The molecule has 3 aromatic carbocycles. The highest BCUT2D eigenvalue weighted by molar-refractivity contribution is 7.87. The lowest BCUT2D eigenvalue weighted by Crippen LogP contribution is -2.40. The maximum atomic E-state index is 13.2. The summed E-state index contributed by atoms with van der Waals surface area (Å²) in [6.45, 7) is 4.07. The van der Waals surface area contributed by atoms with Crippen LogP contribution in [0.4, 0.5) is 14.9 Å². The number of rotatable bonds is 10. The van der Waals surface area contributed by atoms with E-state index >= 15 is 0 Å². The summed E-state index contributed by atoms with van der Waals surface area (Å²) in [5.41, 5.74) is 1.21. The second kappa shape index (κ2) is 11.8. The summed E-state index contributed by atoms with van der Waals surface area (Å²) in [5, 5.41) is 2.88. The van der Waals surface area contributed by atoms with Gasteiger partial charge in [0.25, 0.3) is 0 Å².